The van der Waals surface area contributed by atoms with Crippen LogP contribution in [0.15, 0.2) is 9.66 Å². The molecule has 116 valence electrons. The molecule has 0 aromatic rings. The summed E-state index contributed by atoms with van der Waals surface area (Å²) in [5, 5.41) is 0. The second-order valence-electron chi connectivity index (χ2n) is 5.89. The van der Waals surface area contributed by atoms with E-state index in [1.165, 1.54) is 68.3 Å². The zero-order valence-corrected chi connectivity index (χ0v) is 15.2. The highest BCUT2D eigenvalue weighted by Gasteiger charge is 2.25. The number of esters is 1. The summed E-state index contributed by atoms with van der Waals surface area (Å²) in [6.45, 7) is 3.77. The van der Waals surface area contributed by atoms with Crippen molar-refractivity contribution in [1.82, 2.24) is 0 Å². The molecule has 0 radical (unpaired) electrons. The van der Waals surface area contributed by atoms with E-state index in [-0.39, 0.29) is 12.1 Å². The van der Waals surface area contributed by atoms with Gasteiger partial charge in [-0.15, -0.1) is 0 Å². The van der Waals surface area contributed by atoms with Crippen LogP contribution in [-0.4, -0.2) is 12.1 Å². The van der Waals surface area contributed by atoms with Crippen LogP contribution in [0.2, 0.25) is 0 Å². The number of rotatable bonds is 8. The number of hydrogen-bond donors (Lipinski definition) is 0. The monoisotopic (exact) mass is 392 g/mol. The molecule has 0 heterocycles. The normalized spacial score (nSPS) is 18.9. The standard InChI is InChI=1S/C17H29IO2/c1-3-4-6-11-16(18)12-13-17(20-14(2)19)15-9-7-5-8-10-15/h12,15,17H,3-11,13H2,1-2H3/b16-12-. The molecule has 0 spiro atoms. The van der Waals surface area contributed by atoms with Crippen molar-refractivity contribution in [3.63, 3.8) is 0 Å². The summed E-state index contributed by atoms with van der Waals surface area (Å²) in [6, 6.07) is 0. The molecule has 2 nitrogen and oxygen atoms in total. The molecule has 20 heavy (non-hydrogen) atoms. The molecular formula is C17H29IO2. The van der Waals surface area contributed by atoms with E-state index < -0.39 is 0 Å². The van der Waals surface area contributed by atoms with Gasteiger partial charge in [0.25, 0.3) is 0 Å². The summed E-state index contributed by atoms with van der Waals surface area (Å²) >= 11 is 2.44. The first kappa shape index (κ1) is 18.0. The largest absolute Gasteiger partial charge is 0.462 e. The Hall–Kier alpha value is -0.0600. The van der Waals surface area contributed by atoms with Crippen LogP contribution >= 0.6 is 22.6 Å². The predicted octanol–water partition coefficient (Wildman–Crippen LogP) is 5.79. The Morgan fingerprint density at radius 1 is 1.30 bits per heavy atom. The number of halogens is 1. The molecule has 3 heteroatoms. The van der Waals surface area contributed by atoms with Gasteiger partial charge < -0.3 is 4.74 Å². The first-order valence-corrected chi connectivity index (χ1v) is 9.23. The first-order valence-electron chi connectivity index (χ1n) is 8.15. The van der Waals surface area contributed by atoms with Crippen molar-refractivity contribution < 1.29 is 9.53 Å². The van der Waals surface area contributed by atoms with Gasteiger partial charge in [-0.3, -0.25) is 4.79 Å². The van der Waals surface area contributed by atoms with E-state index in [4.69, 9.17) is 4.74 Å². The highest BCUT2D eigenvalue weighted by atomic mass is 127. The van der Waals surface area contributed by atoms with Crippen LogP contribution in [0.1, 0.15) is 78.1 Å². The van der Waals surface area contributed by atoms with Crippen molar-refractivity contribution in [1.29, 1.82) is 0 Å². The fourth-order valence-corrected chi connectivity index (χ4v) is 3.58. The lowest BCUT2D eigenvalue weighted by Gasteiger charge is -2.29. The summed E-state index contributed by atoms with van der Waals surface area (Å²) in [6.07, 6.45) is 14.7. The lowest BCUT2D eigenvalue weighted by Crippen LogP contribution is -2.27. The summed E-state index contributed by atoms with van der Waals surface area (Å²) < 4.78 is 7.00. The Kier molecular flexibility index (Phi) is 9.57. The van der Waals surface area contributed by atoms with Crippen LogP contribution in [0, 0.1) is 5.92 Å². The van der Waals surface area contributed by atoms with Gasteiger partial charge in [-0.25, -0.2) is 0 Å². The van der Waals surface area contributed by atoms with Crippen LogP contribution in [0.3, 0.4) is 0 Å². The Balaban J connectivity index is 2.46. The predicted molar refractivity (Wildman–Crippen MR) is 93.0 cm³/mol. The maximum atomic E-state index is 11.3. The Morgan fingerprint density at radius 3 is 2.60 bits per heavy atom. The minimum absolute atomic E-state index is 0.101. The average molecular weight is 392 g/mol. The second kappa shape index (κ2) is 10.6. The zero-order valence-electron chi connectivity index (χ0n) is 13.0. The molecule has 1 aliphatic carbocycles. The van der Waals surface area contributed by atoms with E-state index >= 15 is 0 Å². The highest BCUT2D eigenvalue weighted by molar-refractivity contribution is 14.1. The van der Waals surface area contributed by atoms with E-state index in [1.807, 2.05) is 0 Å². The molecule has 0 amide bonds. The van der Waals surface area contributed by atoms with Gasteiger partial charge in [0, 0.05) is 13.3 Å². The van der Waals surface area contributed by atoms with Crippen molar-refractivity contribution in [2.24, 2.45) is 5.92 Å². The van der Waals surface area contributed by atoms with Crippen molar-refractivity contribution >= 4 is 28.6 Å². The van der Waals surface area contributed by atoms with Gasteiger partial charge in [-0.05, 0) is 57.8 Å². The van der Waals surface area contributed by atoms with Crippen LogP contribution in [0.25, 0.3) is 0 Å². The van der Waals surface area contributed by atoms with Gasteiger partial charge in [0.2, 0.25) is 0 Å². The Bertz CT molecular complexity index is 306. The number of hydrogen-bond acceptors (Lipinski definition) is 2. The SMILES string of the molecule is CCCCC/C(I)=C/CC(OC(C)=O)C1CCCCC1. The molecule has 0 saturated heterocycles. The molecule has 0 aromatic heterocycles. The van der Waals surface area contributed by atoms with Crippen LogP contribution in [0.4, 0.5) is 0 Å². The van der Waals surface area contributed by atoms with Gasteiger partial charge in [0.15, 0.2) is 0 Å². The third-order valence-electron chi connectivity index (χ3n) is 4.08. The van der Waals surface area contributed by atoms with Gasteiger partial charge in [0.1, 0.15) is 6.10 Å². The molecule has 1 rings (SSSR count). The number of carbonyl (C=O) groups excluding carboxylic acids is 1. The van der Waals surface area contributed by atoms with Gasteiger partial charge in [0.05, 0.1) is 0 Å². The third kappa shape index (κ3) is 7.65. The maximum absolute atomic E-state index is 11.3. The fourth-order valence-electron chi connectivity index (χ4n) is 2.95. The molecule has 0 aromatic carbocycles. The first-order chi connectivity index (χ1) is 9.63. The van der Waals surface area contributed by atoms with Crippen LogP contribution in [0.5, 0.6) is 0 Å². The van der Waals surface area contributed by atoms with E-state index in [2.05, 4.69) is 35.6 Å². The molecular weight excluding hydrogens is 363 g/mol. The van der Waals surface area contributed by atoms with Crippen molar-refractivity contribution in [2.45, 2.75) is 84.2 Å². The summed E-state index contributed by atoms with van der Waals surface area (Å²) in [5.74, 6) is 0.443. The molecule has 1 unspecified atom stereocenters. The minimum Gasteiger partial charge on any atom is -0.462 e. The van der Waals surface area contributed by atoms with Gasteiger partial charge >= 0.3 is 5.97 Å². The van der Waals surface area contributed by atoms with E-state index in [0.29, 0.717) is 5.92 Å². The smallest absolute Gasteiger partial charge is 0.302 e. The highest BCUT2D eigenvalue weighted by Crippen LogP contribution is 2.30. The topological polar surface area (TPSA) is 26.3 Å². The quantitative estimate of drug-likeness (QED) is 0.297. The molecule has 0 N–H and O–H groups in total. The maximum Gasteiger partial charge on any atom is 0.302 e. The zero-order chi connectivity index (χ0) is 14.8. The third-order valence-corrected chi connectivity index (χ3v) is 5.06. The van der Waals surface area contributed by atoms with Gasteiger partial charge in [-0.2, -0.15) is 0 Å². The summed E-state index contributed by atoms with van der Waals surface area (Å²) in [7, 11) is 0. The lowest BCUT2D eigenvalue weighted by atomic mass is 9.84. The van der Waals surface area contributed by atoms with E-state index in [9.17, 15) is 4.79 Å². The number of allylic oxidation sites excluding steroid dienone is 1. The fraction of sp³-hybridized carbons (Fsp3) is 0.824. The molecule has 1 saturated carbocycles. The summed E-state index contributed by atoms with van der Waals surface area (Å²) in [4.78, 5) is 11.3. The Morgan fingerprint density at radius 2 is 2.00 bits per heavy atom. The average Bonchev–Trinajstić information content (AvgIpc) is 2.44. The lowest BCUT2D eigenvalue weighted by molar-refractivity contribution is -0.149. The van der Waals surface area contributed by atoms with Crippen molar-refractivity contribution in [2.75, 3.05) is 0 Å². The van der Waals surface area contributed by atoms with Gasteiger partial charge in [-0.1, -0.05) is 45.1 Å². The summed E-state index contributed by atoms with van der Waals surface area (Å²) in [5.41, 5.74) is 0. The van der Waals surface area contributed by atoms with Crippen LogP contribution < -0.4 is 0 Å². The van der Waals surface area contributed by atoms with E-state index in [0.717, 1.165) is 6.42 Å². The van der Waals surface area contributed by atoms with Crippen LogP contribution in [-0.2, 0) is 9.53 Å². The van der Waals surface area contributed by atoms with E-state index in [1.54, 1.807) is 0 Å². The molecule has 0 bridgehead atoms. The number of unbranched alkanes of at least 4 members (excludes halogenated alkanes) is 2. The second-order valence-corrected chi connectivity index (χ2v) is 7.28. The Labute approximate surface area is 137 Å². The molecule has 1 aliphatic rings. The van der Waals surface area contributed by atoms with Crippen molar-refractivity contribution in [3.05, 3.63) is 9.66 Å². The molecule has 0 aliphatic heterocycles. The molecule has 1 fully saturated rings. The number of ether oxygens (including phenoxy) is 1. The number of carbonyl (C=O) groups is 1. The minimum atomic E-state index is -0.130. The molecule has 1 atom stereocenters. The van der Waals surface area contributed by atoms with Crippen molar-refractivity contribution in [3.8, 4) is 0 Å².